The van der Waals surface area contributed by atoms with Crippen molar-refractivity contribution >= 4 is 23.6 Å². The zero-order valence-electron chi connectivity index (χ0n) is 13.3. The molecule has 0 radical (unpaired) electrons. The summed E-state index contributed by atoms with van der Waals surface area (Å²) >= 11 is 1.57. The highest BCUT2D eigenvalue weighted by Gasteiger charge is 2.36. The minimum Gasteiger partial charge on any atom is -0.476 e. The van der Waals surface area contributed by atoms with E-state index in [2.05, 4.69) is 9.97 Å². The molecule has 2 heterocycles. The molecule has 124 valence electrons. The average Bonchev–Trinajstić information content (AvgIpc) is 3.26. The van der Waals surface area contributed by atoms with Gasteiger partial charge in [-0.1, -0.05) is 0 Å². The van der Waals surface area contributed by atoms with Gasteiger partial charge in [0.2, 0.25) is 11.8 Å². The minimum atomic E-state index is -0.435. The predicted octanol–water partition coefficient (Wildman–Crippen LogP) is 0.869. The summed E-state index contributed by atoms with van der Waals surface area (Å²) in [6.45, 7) is 0.657. The van der Waals surface area contributed by atoms with Crippen molar-refractivity contribution in [1.82, 2.24) is 19.8 Å². The topological polar surface area (TPSA) is 75.6 Å². The van der Waals surface area contributed by atoms with Crippen molar-refractivity contribution < 1.29 is 14.3 Å². The number of thioether (sulfide) groups is 1. The van der Waals surface area contributed by atoms with E-state index in [1.54, 1.807) is 30.8 Å². The number of amides is 2. The number of hydrogen-bond donors (Lipinski definition) is 0. The molecule has 0 spiro atoms. The first kappa shape index (κ1) is 16.0. The van der Waals surface area contributed by atoms with Gasteiger partial charge in [-0.3, -0.25) is 9.59 Å². The molecule has 0 N–H and O–H groups in total. The first-order valence-electron chi connectivity index (χ1n) is 7.61. The van der Waals surface area contributed by atoms with Gasteiger partial charge in [-0.15, -0.1) is 11.8 Å². The number of ether oxygens (including phenoxy) is 1. The number of rotatable bonds is 5. The molecule has 1 atom stereocenters. The SMILES string of the molecule is CN(C)C(=O)[C@H]1CSCN1C(=O)c1cnc(OCC2CC2)cn1. The Balaban J connectivity index is 1.65. The maximum atomic E-state index is 12.6. The van der Waals surface area contributed by atoms with E-state index in [0.717, 1.165) is 0 Å². The molecule has 1 aliphatic heterocycles. The third-order valence-electron chi connectivity index (χ3n) is 3.88. The lowest BCUT2D eigenvalue weighted by Gasteiger charge is -2.24. The molecule has 23 heavy (non-hydrogen) atoms. The van der Waals surface area contributed by atoms with Crippen LogP contribution in [0.2, 0.25) is 0 Å². The van der Waals surface area contributed by atoms with Crippen molar-refractivity contribution in [3.8, 4) is 5.88 Å². The molecule has 1 aromatic heterocycles. The molecule has 0 bridgehead atoms. The minimum absolute atomic E-state index is 0.0688. The Morgan fingerprint density at radius 3 is 2.74 bits per heavy atom. The quantitative estimate of drug-likeness (QED) is 0.794. The number of carbonyl (C=O) groups excluding carboxylic acids is 2. The zero-order valence-corrected chi connectivity index (χ0v) is 14.1. The van der Waals surface area contributed by atoms with Gasteiger partial charge < -0.3 is 14.5 Å². The Morgan fingerprint density at radius 2 is 2.13 bits per heavy atom. The van der Waals surface area contributed by atoms with Crippen molar-refractivity contribution in [3.63, 3.8) is 0 Å². The van der Waals surface area contributed by atoms with E-state index < -0.39 is 6.04 Å². The molecule has 7 nitrogen and oxygen atoms in total. The van der Waals surface area contributed by atoms with Crippen LogP contribution < -0.4 is 4.74 Å². The monoisotopic (exact) mass is 336 g/mol. The highest BCUT2D eigenvalue weighted by molar-refractivity contribution is 7.99. The van der Waals surface area contributed by atoms with Crippen molar-refractivity contribution in [2.75, 3.05) is 32.3 Å². The fourth-order valence-corrected chi connectivity index (χ4v) is 3.43. The summed E-state index contributed by atoms with van der Waals surface area (Å²) in [4.78, 5) is 36.1. The van der Waals surface area contributed by atoms with Crippen LogP contribution in [0.25, 0.3) is 0 Å². The van der Waals surface area contributed by atoms with Crippen molar-refractivity contribution in [3.05, 3.63) is 18.1 Å². The highest BCUT2D eigenvalue weighted by atomic mass is 32.2. The van der Waals surface area contributed by atoms with E-state index in [0.29, 0.717) is 30.0 Å². The summed E-state index contributed by atoms with van der Waals surface area (Å²) in [5, 5.41) is 0. The van der Waals surface area contributed by atoms with Crippen molar-refractivity contribution in [1.29, 1.82) is 0 Å². The van der Waals surface area contributed by atoms with Gasteiger partial charge in [-0.2, -0.15) is 0 Å². The number of aromatic nitrogens is 2. The summed E-state index contributed by atoms with van der Waals surface area (Å²) in [7, 11) is 3.39. The first-order chi connectivity index (χ1) is 11.1. The summed E-state index contributed by atoms with van der Waals surface area (Å²) in [6, 6.07) is -0.435. The Kier molecular flexibility index (Phi) is 4.70. The summed E-state index contributed by atoms with van der Waals surface area (Å²) in [6.07, 6.45) is 5.31. The van der Waals surface area contributed by atoms with Crippen molar-refractivity contribution in [2.45, 2.75) is 18.9 Å². The molecule has 1 saturated carbocycles. The van der Waals surface area contributed by atoms with Crippen LogP contribution >= 0.6 is 11.8 Å². The number of likely N-dealkylation sites (N-methyl/N-ethyl adjacent to an activating group) is 1. The van der Waals surface area contributed by atoms with Gasteiger partial charge in [-0.25, -0.2) is 9.97 Å². The maximum absolute atomic E-state index is 12.6. The van der Waals surface area contributed by atoms with Gasteiger partial charge in [-0.05, 0) is 18.8 Å². The molecular weight excluding hydrogens is 316 g/mol. The predicted molar refractivity (Wildman–Crippen MR) is 86.2 cm³/mol. The average molecular weight is 336 g/mol. The van der Waals surface area contributed by atoms with Crippen LogP contribution in [-0.4, -0.2) is 70.0 Å². The third-order valence-corrected chi connectivity index (χ3v) is 4.89. The van der Waals surface area contributed by atoms with Crippen LogP contribution in [0.4, 0.5) is 0 Å². The van der Waals surface area contributed by atoms with Crippen LogP contribution in [0.15, 0.2) is 12.4 Å². The maximum Gasteiger partial charge on any atom is 0.275 e. The molecule has 2 aliphatic rings. The Labute approximate surface area is 139 Å². The lowest BCUT2D eigenvalue weighted by atomic mass is 10.2. The molecule has 2 amide bonds. The zero-order chi connectivity index (χ0) is 16.4. The fraction of sp³-hybridized carbons (Fsp3) is 0.600. The first-order valence-corrected chi connectivity index (χ1v) is 8.76. The van der Waals surface area contributed by atoms with Gasteiger partial charge in [0, 0.05) is 19.8 Å². The van der Waals surface area contributed by atoms with Gasteiger partial charge in [0.1, 0.15) is 11.7 Å². The third kappa shape index (κ3) is 3.74. The van der Waals surface area contributed by atoms with Gasteiger partial charge in [0.05, 0.1) is 24.9 Å². The van der Waals surface area contributed by atoms with Crippen LogP contribution in [0, 0.1) is 5.92 Å². The van der Waals surface area contributed by atoms with Crippen molar-refractivity contribution in [2.24, 2.45) is 5.92 Å². The van der Waals surface area contributed by atoms with E-state index in [4.69, 9.17) is 4.74 Å². The van der Waals surface area contributed by atoms with E-state index in [1.165, 1.54) is 30.1 Å². The second-order valence-corrected chi connectivity index (χ2v) is 7.02. The molecule has 0 aromatic carbocycles. The number of hydrogen-bond acceptors (Lipinski definition) is 6. The standard InChI is InChI=1S/C15H20N4O3S/c1-18(2)15(21)12-8-23-9-19(12)14(20)11-5-17-13(6-16-11)22-7-10-3-4-10/h5-6,10,12H,3-4,7-9H2,1-2H3/t12-/m1/s1. The summed E-state index contributed by atoms with van der Waals surface area (Å²) in [5.74, 6) is 1.84. The van der Waals surface area contributed by atoms with E-state index in [-0.39, 0.29) is 17.5 Å². The molecule has 1 aromatic rings. The Bertz CT molecular complexity index is 589. The van der Waals surface area contributed by atoms with Crippen LogP contribution in [0.3, 0.4) is 0 Å². The molecule has 3 rings (SSSR count). The lowest BCUT2D eigenvalue weighted by molar-refractivity contribution is -0.132. The Hall–Kier alpha value is -1.83. The molecular formula is C15H20N4O3S. The second-order valence-electron chi connectivity index (χ2n) is 6.02. The van der Waals surface area contributed by atoms with Crippen LogP contribution in [0.5, 0.6) is 5.88 Å². The molecule has 2 fully saturated rings. The van der Waals surface area contributed by atoms with Crippen LogP contribution in [0.1, 0.15) is 23.3 Å². The summed E-state index contributed by atoms with van der Waals surface area (Å²) in [5.41, 5.74) is 0.239. The molecule has 8 heteroatoms. The molecule has 1 saturated heterocycles. The smallest absolute Gasteiger partial charge is 0.275 e. The lowest BCUT2D eigenvalue weighted by Crippen LogP contribution is -2.47. The van der Waals surface area contributed by atoms with E-state index in [9.17, 15) is 9.59 Å². The van der Waals surface area contributed by atoms with E-state index in [1.807, 2.05) is 0 Å². The summed E-state index contributed by atoms with van der Waals surface area (Å²) < 4.78 is 5.52. The molecule has 0 unspecified atom stereocenters. The Morgan fingerprint density at radius 1 is 1.35 bits per heavy atom. The second kappa shape index (κ2) is 6.74. The largest absolute Gasteiger partial charge is 0.476 e. The normalized spacial score (nSPS) is 20.4. The van der Waals surface area contributed by atoms with Crippen LogP contribution in [-0.2, 0) is 4.79 Å². The van der Waals surface area contributed by atoms with Gasteiger partial charge in [0.15, 0.2) is 0 Å². The molecule has 1 aliphatic carbocycles. The number of nitrogens with zero attached hydrogens (tertiary/aromatic N) is 4. The van der Waals surface area contributed by atoms with Gasteiger partial charge >= 0.3 is 0 Å². The highest BCUT2D eigenvalue weighted by Crippen LogP contribution is 2.29. The fourth-order valence-electron chi connectivity index (χ4n) is 2.28. The number of carbonyl (C=O) groups is 2. The van der Waals surface area contributed by atoms with E-state index >= 15 is 0 Å². The van der Waals surface area contributed by atoms with Gasteiger partial charge in [0.25, 0.3) is 5.91 Å².